The third kappa shape index (κ3) is 2.73. The monoisotopic (exact) mass is 263 g/mol. The molecule has 0 radical (unpaired) electrons. The molecule has 0 spiro atoms. The average Bonchev–Trinajstić information content (AvgIpc) is 2.83. The number of hydrogen-bond acceptors (Lipinski definition) is 3. The maximum absolute atomic E-state index is 11.2. The van der Waals surface area contributed by atoms with Gasteiger partial charge in [0.2, 0.25) is 0 Å². The molecule has 1 aromatic carbocycles. The van der Waals surface area contributed by atoms with Crippen molar-refractivity contribution >= 4 is 5.97 Å². The van der Waals surface area contributed by atoms with E-state index in [0.717, 1.165) is 30.7 Å². The van der Waals surface area contributed by atoms with E-state index >= 15 is 0 Å². The lowest BCUT2D eigenvalue weighted by molar-refractivity contribution is -0.142. The predicted octanol–water partition coefficient (Wildman–Crippen LogP) is 2.36. The van der Waals surface area contributed by atoms with Crippen LogP contribution in [0.3, 0.4) is 0 Å². The molecule has 0 bridgehead atoms. The van der Waals surface area contributed by atoms with Crippen molar-refractivity contribution in [3.63, 3.8) is 0 Å². The number of likely N-dealkylation sites (tertiary alicyclic amines) is 1. The van der Waals surface area contributed by atoms with Gasteiger partial charge in [0, 0.05) is 6.54 Å². The molecule has 1 heterocycles. The number of carboxylic acid groups (broad SMARTS) is 1. The van der Waals surface area contributed by atoms with Crippen molar-refractivity contribution < 1.29 is 14.6 Å². The topological polar surface area (TPSA) is 49.8 Å². The van der Waals surface area contributed by atoms with Gasteiger partial charge in [-0.2, -0.15) is 0 Å². The molecule has 0 aromatic heterocycles. The summed E-state index contributed by atoms with van der Waals surface area (Å²) in [6.07, 6.45) is 1.72. The number of rotatable bonds is 4. The van der Waals surface area contributed by atoms with Gasteiger partial charge in [-0.1, -0.05) is 6.07 Å². The highest BCUT2D eigenvalue weighted by Crippen LogP contribution is 2.27. The van der Waals surface area contributed by atoms with Crippen LogP contribution in [0.2, 0.25) is 0 Å². The van der Waals surface area contributed by atoms with Crippen LogP contribution in [0.15, 0.2) is 12.1 Å². The SMILES string of the molecule is COc1ccc(CN2CCCC2C(=O)O)c(C)c1C. The number of methoxy groups -OCH3 is 1. The Balaban J connectivity index is 2.20. The molecule has 0 saturated carbocycles. The number of aliphatic carboxylic acids is 1. The second-order valence-electron chi connectivity index (χ2n) is 5.14. The molecule has 1 atom stereocenters. The fourth-order valence-electron chi connectivity index (χ4n) is 2.76. The van der Waals surface area contributed by atoms with Gasteiger partial charge in [-0.25, -0.2) is 0 Å². The van der Waals surface area contributed by atoms with E-state index in [4.69, 9.17) is 4.74 Å². The Morgan fingerprint density at radius 2 is 2.16 bits per heavy atom. The second-order valence-corrected chi connectivity index (χ2v) is 5.14. The Bertz CT molecular complexity index is 485. The molecular weight excluding hydrogens is 242 g/mol. The molecule has 1 N–H and O–H groups in total. The van der Waals surface area contributed by atoms with Crippen LogP contribution < -0.4 is 4.74 Å². The first-order valence-electron chi connectivity index (χ1n) is 6.64. The zero-order chi connectivity index (χ0) is 14.0. The quantitative estimate of drug-likeness (QED) is 0.906. The zero-order valence-electron chi connectivity index (χ0n) is 11.8. The van der Waals surface area contributed by atoms with E-state index in [2.05, 4.69) is 11.8 Å². The fourth-order valence-corrected chi connectivity index (χ4v) is 2.76. The summed E-state index contributed by atoms with van der Waals surface area (Å²) in [5.41, 5.74) is 3.51. The Morgan fingerprint density at radius 3 is 2.79 bits per heavy atom. The standard InChI is InChI=1S/C15H21NO3/c1-10-11(2)14(19-3)7-6-12(10)9-16-8-4-5-13(16)15(17)18/h6-7,13H,4-5,8-9H2,1-3H3,(H,17,18). The first-order chi connectivity index (χ1) is 9.04. The van der Waals surface area contributed by atoms with Gasteiger partial charge < -0.3 is 9.84 Å². The zero-order valence-corrected chi connectivity index (χ0v) is 11.8. The smallest absolute Gasteiger partial charge is 0.320 e. The molecule has 4 heteroatoms. The highest BCUT2D eigenvalue weighted by molar-refractivity contribution is 5.73. The maximum atomic E-state index is 11.2. The van der Waals surface area contributed by atoms with Crippen molar-refractivity contribution in [2.75, 3.05) is 13.7 Å². The molecule has 1 aromatic rings. The highest BCUT2D eigenvalue weighted by atomic mass is 16.5. The van der Waals surface area contributed by atoms with Gasteiger partial charge in [-0.05, 0) is 56.0 Å². The number of carboxylic acids is 1. The van der Waals surface area contributed by atoms with E-state index in [0.29, 0.717) is 6.54 Å². The molecule has 1 aliphatic rings. The molecule has 104 valence electrons. The third-order valence-electron chi connectivity index (χ3n) is 4.09. The Labute approximate surface area is 114 Å². The predicted molar refractivity (Wildman–Crippen MR) is 73.5 cm³/mol. The van der Waals surface area contributed by atoms with Crippen LogP contribution in [0.5, 0.6) is 5.75 Å². The Hall–Kier alpha value is -1.55. The number of benzene rings is 1. The summed E-state index contributed by atoms with van der Waals surface area (Å²) in [7, 11) is 1.67. The van der Waals surface area contributed by atoms with Gasteiger partial charge in [0.1, 0.15) is 11.8 Å². The lowest BCUT2D eigenvalue weighted by Crippen LogP contribution is -2.35. The van der Waals surface area contributed by atoms with E-state index in [9.17, 15) is 9.90 Å². The Kier molecular flexibility index (Phi) is 4.10. The van der Waals surface area contributed by atoms with Crippen LogP contribution in [0.4, 0.5) is 0 Å². The normalized spacial score (nSPS) is 19.6. The Morgan fingerprint density at radius 1 is 1.42 bits per heavy atom. The van der Waals surface area contributed by atoms with Crippen molar-refractivity contribution in [2.45, 2.75) is 39.3 Å². The van der Waals surface area contributed by atoms with Gasteiger partial charge in [-0.15, -0.1) is 0 Å². The summed E-state index contributed by atoms with van der Waals surface area (Å²) in [6.45, 7) is 5.67. The van der Waals surface area contributed by atoms with Crippen molar-refractivity contribution in [1.29, 1.82) is 0 Å². The highest BCUT2D eigenvalue weighted by Gasteiger charge is 2.30. The van der Waals surface area contributed by atoms with E-state index in [1.807, 2.05) is 19.1 Å². The first kappa shape index (κ1) is 13.9. The molecule has 0 amide bonds. The lowest BCUT2D eigenvalue weighted by Gasteiger charge is -2.23. The fraction of sp³-hybridized carbons (Fsp3) is 0.533. The first-order valence-corrected chi connectivity index (χ1v) is 6.64. The van der Waals surface area contributed by atoms with Crippen LogP contribution in [-0.4, -0.2) is 35.7 Å². The molecule has 2 rings (SSSR count). The molecule has 19 heavy (non-hydrogen) atoms. The van der Waals surface area contributed by atoms with Crippen LogP contribution in [0.25, 0.3) is 0 Å². The van der Waals surface area contributed by atoms with Crippen LogP contribution in [0.1, 0.15) is 29.5 Å². The average molecular weight is 263 g/mol. The molecule has 4 nitrogen and oxygen atoms in total. The largest absolute Gasteiger partial charge is 0.496 e. The minimum absolute atomic E-state index is 0.332. The molecule has 1 saturated heterocycles. The number of hydrogen-bond donors (Lipinski definition) is 1. The van der Waals surface area contributed by atoms with Crippen molar-refractivity contribution in [3.05, 3.63) is 28.8 Å². The summed E-state index contributed by atoms with van der Waals surface area (Å²) in [6, 6.07) is 3.67. The van der Waals surface area contributed by atoms with Gasteiger partial charge in [0.05, 0.1) is 7.11 Å². The number of ether oxygens (including phenoxy) is 1. The van der Waals surface area contributed by atoms with Crippen LogP contribution in [-0.2, 0) is 11.3 Å². The minimum Gasteiger partial charge on any atom is -0.496 e. The van der Waals surface area contributed by atoms with Crippen LogP contribution in [0, 0.1) is 13.8 Å². The maximum Gasteiger partial charge on any atom is 0.320 e. The molecule has 1 aliphatic heterocycles. The summed E-state index contributed by atoms with van der Waals surface area (Å²) in [5.74, 6) is 0.179. The number of nitrogens with zero attached hydrogens (tertiary/aromatic N) is 1. The summed E-state index contributed by atoms with van der Waals surface area (Å²) < 4.78 is 5.30. The van der Waals surface area contributed by atoms with Gasteiger partial charge in [0.15, 0.2) is 0 Å². The minimum atomic E-state index is -0.708. The van der Waals surface area contributed by atoms with E-state index in [1.165, 1.54) is 11.1 Å². The van der Waals surface area contributed by atoms with E-state index in [1.54, 1.807) is 7.11 Å². The van der Waals surface area contributed by atoms with Gasteiger partial charge in [0.25, 0.3) is 0 Å². The lowest BCUT2D eigenvalue weighted by atomic mass is 10.0. The molecule has 1 unspecified atom stereocenters. The van der Waals surface area contributed by atoms with E-state index in [-0.39, 0.29) is 6.04 Å². The van der Waals surface area contributed by atoms with Crippen molar-refractivity contribution in [2.24, 2.45) is 0 Å². The molecular formula is C15H21NO3. The summed E-state index contributed by atoms with van der Waals surface area (Å²) in [5, 5.41) is 9.21. The molecule has 0 aliphatic carbocycles. The van der Waals surface area contributed by atoms with Gasteiger partial charge in [-0.3, -0.25) is 9.69 Å². The summed E-state index contributed by atoms with van der Waals surface area (Å²) in [4.78, 5) is 13.2. The van der Waals surface area contributed by atoms with Gasteiger partial charge >= 0.3 is 5.97 Å². The number of carbonyl (C=O) groups is 1. The molecule has 1 fully saturated rings. The summed E-state index contributed by atoms with van der Waals surface area (Å²) >= 11 is 0. The third-order valence-corrected chi connectivity index (χ3v) is 4.09. The van der Waals surface area contributed by atoms with Crippen molar-refractivity contribution in [1.82, 2.24) is 4.90 Å². The van der Waals surface area contributed by atoms with Crippen LogP contribution >= 0.6 is 0 Å². The van der Waals surface area contributed by atoms with E-state index < -0.39 is 5.97 Å². The second kappa shape index (κ2) is 5.61. The van der Waals surface area contributed by atoms with Crippen molar-refractivity contribution in [3.8, 4) is 5.75 Å².